The Morgan fingerprint density at radius 3 is 1.28 bits per heavy atom. The summed E-state index contributed by atoms with van der Waals surface area (Å²) in [5.41, 5.74) is 17.9. The summed E-state index contributed by atoms with van der Waals surface area (Å²) in [6.07, 6.45) is 8.40. The minimum absolute atomic E-state index is 0.0814. The summed E-state index contributed by atoms with van der Waals surface area (Å²) in [6, 6.07) is 31.7. The second kappa shape index (κ2) is 14.7. The molecular formula is C55H58N4O2. The van der Waals surface area contributed by atoms with Crippen LogP contribution in [0, 0.1) is 0 Å². The SMILES string of the molecule is CC(C)(C)c1cc(-c2c3nc(c(-c4ccc(C(=O)O)cc4)c4ccc([nH]4)c(-c4cc(C(C)(C)C)cc(C(C)(C)C)c4)c4nc(cc5ccc2[nH]5)C=C4)C=C3)cc(C(C)(C)C)c1. The first-order chi connectivity index (χ1) is 28.5. The van der Waals surface area contributed by atoms with E-state index in [2.05, 4.69) is 184 Å². The molecular weight excluding hydrogens is 749 g/mol. The Morgan fingerprint density at radius 1 is 0.443 bits per heavy atom. The summed E-state index contributed by atoms with van der Waals surface area (Å²) in [7, 11) is 0. The topological polar surface area (TPSA) is 94.7 Å². The lowest BCUT2D eigenvalue weighted by Gasteiger charge is -2.26. The van der Waals surface area contributed by atoms with E-state index < -0.39 is 5.97 Å². The van der Waals surface area contributed by atoms with Crippen LogP contribution in [-0.2, 0) is 21.7 Å². The van der Waals surface area contributed by atoms with Gasteiger partial charge in [-0.2, -0.15) is 0 Å². The van der Waals surface area contributed by atoms with E-state index in [1.165, 1.54) is 22.3 Å². The third-order valence-corrected chi connectivity index (χ3v) is 11.9. The molecule has 0 spiro atoms. The Hall–Kier alpha value is -6.27. The Kier molecular flexibility index (Phi) is 10.0. The quantitative estimate of drug-likeness (QED) is 0.165. The van der Waals surface area contributed by atoms with Gasteiger partial charge in [-0.1, -0.05) is 132 Å². The van der Waals surface area contributed by atoms with Crippen molar-refractivity contribution in [1.29, 1.82) is 0 Å². The fourth-order valence-electron chi connectivity index (χ4n) is 8.11. The van der Waals surface area contributed by atoms with Crippen LogP contribution in [0.4, 0.5) is 0 Å². The predicted octanol–water partition coefficient (Wildman–Crippen LogP) is 14.5. The molecule has 0 amide bonds. The normalized spacial score (nSPS) is 13.2. The number of carbonyl (C=O) groups is 1. The highest BCUT2D eigenvalue weighted by molar-refractivity contribution is 5.98. The van der Waals surface area contributed by atoms with Crippen LogP contribution in [0.1, 0.15) is 138 Å². The molecule has 310 valence electrons. The number of nitrogens with one attached hydrogen (secondary N) is 2. The van der Waals surface area contributed by atoms with Crippen molar-refractivity contribution in [2.75, 3.05) is 0 Å². The molecule has 0 fully saturated rings. The molecule has 0 saturated carbocycles. The van der Waals surface area contributed by atoms with Gasteiger partial charge in [0.25, 0.3) is 0 Å². The molecule has 0 unspecified atom stereocenters. The second-order valence-corrected chi connectivity index (χ2v) is 20.8. The molecule has 0 saturated heterocycles. The molecule has 0 radical (unpaired) electrons. The van der Waals surface area contributed by atoms with E-state index in [1.807, 2.05) is 12.1 Å². The van der Waals surface area contributed by atoms with Gasteiger partial charge < -0.3 is 15.1 Å². The highest BCUT2D eigenvalue weighted by Crippen LogP contribution is 2.41. The Labute approximate surface area is 360 Å². The first-order valence-electron chi connectivity index (χ1n) is 21.3. The number of hydrogen-bond acceptors (Lipinski definition) is 3. The largest absolute Gasteiger partial charge is 0.478 e. The summed E-state index contributed by atoms with van der Waals surface area (Å²) in [5.74, 6) is -0.965. The van der Waals surface area contributed by atoms with Gasteiger partial charge in [-0.25, -0.2) is 14.8 Å². The maximum Gasteiger partial charge on any atom is 0.335 e. The zero-order valence-corrected chi connectivity index (χ0v) is 37.7. The van der Waals surface area contributed by atoms with E-state index in [4.69, 9.17) is 9.97 Å². The van der Waals surface area contributed by atoms with E-state index in [1.54, 1.807) is 12.1 Å². The molecule has 6 nitrogen and oxygen atoms in total. The summed E-state index contributed by atoms with van der Waals surface area (Å²) in [6.45, 7) is 27.2. The lowest BCUT2D eigenvalue weighted by atomic mass is 9.78. The highest BCUT2D eigenvalue weighted by atomic mass is 16.4. The molecule has 3 aromatic carbocycles. The zero-order valence-electron chi connectivity index (χ0n) is 37.7. The van der Waals surface area contributed by atoms with Crippen LogP contribution in [0.5, 0.6) is 0 Å². The number of benzene rings is 3. The first kappa shape index (κ1) is 41.5. The molecule has 8 bridgehead atoms. The fourth-order valence-corrected chi connectivity index (χ4v) is 8.11. The number of nitrogens with zero attached hydrogens (tertiary/aromatic N) is 2. The summed E-state index contributed by atoms with van der Waals surface area (Å²) in [5, 5.41) is 9.83. The number of fused-ring (bicyclic) bond motifs is 8. The maximum absolute atomic E-state index is 12.0. The van der Waals surface area contributed by atoms with Gasteiger partial charge in [-0.3, -0.25) is 0 Å². The molecule has 3 aromatic heterocycles. The Bertz CT molecular complexity index is 2820. The molecule has 6 heteroatoms. The first-order valence-corrected chi connectivity index (χ1v) is 21.3. The molecule has 61 heavy (non-hydrogen) atoms. The average Bonchev–Trinajstić information content (AvgIpc) is 4.01. The Morgan fingerprint density at radius 2 is 0.836 bits per heavy atom. The smallest absolute Gasteiger partial charge is 0.335 e. The molecule has 5 heterocycles. The van der Waals surface area contributed by atoms with Crippen LogP contribution in [0.25, 0.3) is 79.8 Å². The zero-order chi connectivity index (χ0) is 43.8. The number of aromatic carboxylic acids is 1. The third kappa shape index (κ3) is 8.29. The molecule has 8 rings (SSSR count). The van der Waals surface area contributed by atoms with E-state index in [0.717, 1.165) is 78.2 Å². The fraction of sp³-hybridized carbons (Fsp3) is 0.291. The summed E-state index contributed by atoms with van der Waals surface area (Å²) >= 11 is 0. The van der Waals surface area contributed by atoms with Crippen molar-refractivity contribution in [3.05, 3.63) is 142 Å². The molecule has 2 aliphatic rings. The Balaban J connectivity index is 1.52. The van der Waals surface area contributed by atoms with Gasteiger partial charge in [-0.15, -0.1) is 0 Å². The number of aromatic amines is 2. The van der Waals surface area contributed by atoms with Crippen molar-refractivity contribution < 1.29 is 9.90 Å². The van der Waals surface area contributed by atoms with Crippen molar-refractivity contribution >= 4 is 52.3 Å². The van der Waals surface area contributed by atoms with Gasteiger partial charge in [0.15, 0.2) is 0 Å². The van der Waals surface area contributed by atoms with Gasteiger partial charge in [0.05, 0.1) is 28.3 Å². The van der Waals surface area contributed by atoms with Gasteiger partial charge in [0.2, 0.25) is 0 Å². The van der Waals surface area contributed by atoms with Crippen molar-refractivity contribution in [2.24, 2.45) is 0 Å². The molecule has 0 aliphatic carbocycles. The number of carboxylic acid groups (broad SMARTS) is 1. The number of aromatic nitrogens is 4. The monoisotopic (exact) mass is 806 g/mol. The minimum atomic E-state index is -0.965. The van der Waals surface area contributed by atoms with Crippen molar-refractivity contribution in [1.82, 2.24) is 19.9 Å². The summed E-state index contributed by atoms with van der Waals surface area (Å²) < 4.78 is 0. The minimum Gasteiger partial charge on any atom is -0.478 e. The number of H-pyrrole nitrogens is 2. The number of carboxylic acids is 1. The van der Waals surface area contributed by atoms with Crippen LogP contribution in [0.2, 0.25) is 0 Å². The van der Waals surface area contributed by atoms with E-state index >= 15 is 0 Å². The van der Waals surface area contributed by atoms with Gasteiger partial charge >= 0.3 is 5.97 Å². The van der Waals surface area contributed by atoms with Gasteiger partial charge in [0, 0.05) is 38.8 Å². The van der Waals surface area contributed by atoms with Crippen molar-refractivity contribution in [3.8, 4) is 33.4 Å². The lowest BCUT2D eigenvalue weighted by Crippen LogP contribution is -2.16. The molecule has 0 atom stereocenters. The van der Waals surface area contributed by atoms with Crippen LogP contribution >= 0.6 is 0 Å². The molecule has 6 aromatic rings. The van der Waals surface area contributed by atoms with Crippen LogP contribution < -0.4 is 0 Å². The van der Waals surface area contributed by atoms with E-state index in [0.29, 0.717) is 0 Å². The highest BCUT2D eigenvalue weighted by Gasteiger charge is 2.25. The van der Waals surface area contributed by atoms with Crippen LogP contribution in [-0.4, -0.2) is 31.0 Å². The second-order valence-electron chi connectivity index (χ2n) is 20.8. The van der Waals surface area contributed by atoms with E-state index in [9.17, 15) is 9.90 Å². The number of hydrogen-bond donors (Lipinski definition) is 3. The van der Waals surface area contributed by atoms with Gasteiger partial charge in [-0.05, 0) is 127 Å². The lowest BCUT2D eigenvalue weighted by molar-refractivity contribution is 0.0697. The molecule has 2 aliphatic heterocycles. The third-order valence-electron chi connectivity index (χ3n) is 11.9. The van der Waals surface area contributed by atoms with Crippen LogP contribution in [0.15, 0.2) is 91.0 Å². The molecule has 3 N–H and O–H groups in total. The van der Waals surface area contributed by atoms with Crippen molar-refractivity contribution in [2.45, 2.75) is 105 Å². The maximum atomic E-state index is 12.0. The predicted molar refractivity (Wildman–Crippen MR) is 257 cm³/mol. The van der Waals surface area contributed by atoms with Crippen molar-refractivity contribution in [3.63, 3.8) is 0 Å². The van der Waals surface area contributed by atoms with E-state index in [-0.39, 0.29) is 27.2 Å². The van der Waals surface area contributed by atoms with Crippen LogP contribution in [0.3, 0.4) is 0 Å². The van der Waals surface area contributed by atoms with Gasteiger partial charge in [0.1, 0.15) is 0 Å². The number of rotatable bonds is 4. The summed E-state index contributed by atoms with van der Waals surface area (Å²) in [4.78, 5) is 30.4. The standard InChI is InChI=1S/C55H58N4O2/c1-52(2,3)36-25-34(26-37(29-36)53(4,5)6)49-42-19-17-40(56-42)31-41-18-20-43(57-41)50(35-27-38(54(7,8)9)30-39(28-35)55(10,11)12)47-24-22-45(59-47)48(44-21-23-46(49)58-44)32-13-15-33(16-14-32)51(60)61/h13-31,56,59H,1-12H3,(H,60,61). The average molecular weight is 807 g/mol.